The molecule has 2 saturated heterocycles. The van der Waals surface area contributed by atoms with Crippen LogP contribution in [0, 0.1) is 11.8 Å². The maximum absolute atomic E-state index is 12.7. The maximum Gasteiger partial charge on any atom is 0.326 e. The molecule has 4 atom stereocenters. The highest BCUT2D eigenvalue weighted by atomic mass is 16.5. The predicted octanol–water partition coefficient (Wildman–Crippen LogP) is 0.867. The van der Waals surface area contributed by atoms with Crippen molar-refractivity contribution >= 4 is 17.8 Å². The van der Waals surface area contributed by atoms with Gasteiger partial charge in [-0.05, 0) is 32.9 Å². The van der Waals surface area contributed by atoms with E-state index >= 15 is 0 Å². The third-order valence-corrected chi connectivity index (χ3v) is 4.74. The summed E-state index contributed by atoms with van der Waals surface area (Å²) in [6, 6.07) is 2.92. The summed E-state index contributed by atoms with van der Waals surface area (Å²) in [5.41, 5.74) is -1.26. The number of likely N-dealkylation sites (tertiary alicyclic amines) is 1. The van der Waals surface area contributed by atoms with Gasteiger partial charge in [-0.25, -0.2) is 0 Å². The van der Waals surface area contributed by atoms with Crippen LogP contribution in [0.1, 0.15) is 32.6 Å². The zero-order valence-corrected chi connectivity index (χ0v) is 13.4. The Morgan fingerprint density at radius 3 is 2.70 bits per heavy atom. The quantitative estimate of drug-likeness (QED) is 0.654. The first-order valence-corrected chi connectivity index (χ1v) is 7.79. The molecule has 1 aromatic rings. The van der Waals surface area contributed by atoms with Gasteiger partial charge in [0.2, 0.25) is 11.8 Å². The van der Waals surface area contributed by atoms with Crippen molar-refractivity contribution in [3.8, 4) is 0 Å². The van der Waals surface area contributed by atoms with E-state index in [4.69, 9.17) is 9.15 Å². The number of hydrogen-bond acceptors (Lipinski definition) is 6. The molecule has 3 heterocycles. The highest BCUT2D eigenvalue weighted by Gasteiger charge is 2.67. The van der Waals surface area contributed by atoms with Crippen molar-refractivity contribution in [3.05, 3.63) is 24.2 Å². The van der Waals surface area contributed by atoms with Crippen molar-refractivity contribution in [3.63, 3.8) is 0 Å². The molecule has 2 amide bonds. The summed E-state index contributed by atoms with van der Waals surface area (Å²) < 4.78 is 10.6. The van der Waals surface area contributed by atoms with E-state index in [1.807, 2.05) is 0 Å². The Balaban J connectivity index is 2.06. The average Bonchev–Trinajstić information content (AvgIpc) is 3.18. The summed E-state index contributed by atoms with van der Waals surface area (Å²) in [5, 5.41) is 3.13. The molecule has 2 aliphatic heterocycles. The molecule has 2 fully saturated rings. The van der Waals surface area contributed by atoms with Gasteiger partial charge in [-0.2, -0.15) is 0 Å². The smallest absolute Gasteiger partial charge is 0.326 e. The SMILES string of the molecule is CCOC(=O)[C@]1(C)N[C@H](c2ccco2)[C@@H]2C(=O)N(CC)C(=O)[C@@H]21. The molecule has 1 aromatic heterocycles. The molecule has 0 aliphatic carbocycles. The fourth-order valence-electron chi connectivity index (χ4n) is 3.69. The van der Waals surface area contributed by atoms with Gasteiger partial charge in [0, 0.05) is 6.54 Å². The van der Waals surface area contributed by atoms with E-state index in [1.165, 1.54) is 11.2 Å². The maximum atomic E-state index is 12.7. The van der Waals surface area contributed by atoms with Crippen molar-refractivity contribution in [2.45, 2.75) is 32.4 Å². The molecule has 0 spiro atoms. The average molecular weight is 320 g/mol. The third kappa shape index (κ3) is 2.10. The third-order valence-electron chi connectivity index (χ3n) is 4.74. The minimum Gasteiger partial charge on any atom is -0.468 e. The van der Waals surface area contributed by atoms with E-state index in [9.17, 15) is 14.4 Å². The Morgan fingerprint density at radius 1 is 1.39 bits per heavy atom. The molecule has 0 saturated carbocycles. The van der Waals surface area contributed by atoms with E-state index in [2.05, 4.69) is 5.32 Å². The Kier molecular flexibility index (Phi) is 3.75. The molecule has 2 aliphatic rings. The number of esters is 1. The van der Waals surface area contributed by atoms with Crippen molar-refractivity contribution in [1.29, 1.82) is 0 Å². The molecule has 3 rings (SSSR count). The zero-order valence-electron chi connectivity index (χ0n) is 13.4. The van der Waals surface area contributed by atoms with Crippen LogP contribution >= 0.6 is 0 Å². The van der Waals surface area contributed by atoms with Gasteiger partial charge >= 0.3 is 5.97 Å². The first-order valence-electron chi connectivity index (χ1n) is 7.79. The lowest BCUT2D eigenvalue weighted by Gasteiger charge is -2.28. The highest BCUT2D eigenvalue weighted by molar-refractivity contribution is 6.09. The van der Waals surface area contributed by atoms with E-state index in [1.54, 1.807) is 32.9 Å². The van der Waals surface area contributed by atoms with Gasteiger partial charge < -0.3 is 9.15 Å². The largest absolute Gasteiger partial charge is 0.468 e. The van der Waals surface area contributed by atoms with Gasteiger partial charge in [0.25, 0.3) is 0 Å². The van der Waals surface area contributed by atoms with Gasteiger partial charge in [-0.3, -0.25) is 24.6 Å². The van der Waals surface area contributed by atoms with Crippen molar-refractivity contribution < 1.29 is 23.5 Å². The second kappa shape index (κ2) is 5.49. The Morgan fingerprint density at radius 2 is 2.13 bits per heavy atom. The fraction of sp³-hybridized carbons (Fsp3) is 0.562. The van der Waals surface area contributed by atoms with E-state index in [0.29, 0.717) is 5.76 Å². The molecule has 23 heavy (non-hydrogen) atoms. The van der Waals surface area contributed by atoms with Gasteiger partial charge in [-0.1, -0.05) is 0 Å². The van der Waals surface area contributed by atoms with Crippen LogP contribution in [0.3, 0.4) is 0 Å². The molecule has 7 heteroatoms. The number of imide groups is 1. The van der Waals surface area contributed by atoms with Crippen LogP contribution < -0.4 is 5.32 Å². The predicted molar refractivity (Wildman–Crippen MR) is 79.0 cm³/mol. The molecule has 124 valence electrons. The lowest BCUT2D eigenvalue weighted by Crippen LogP contribution is -2.54. The van der Waals surface area contributed by atoms with Crippen LogP contribution in [0.2, 0.25) is 0 Å². The van der Waals surface area contributed by atoms with Crippen LogP contribution in [0.5, 0.6) is 0 Å². The lowest BCUT2D eigenvalue weighted by atomic mass is 9.81. The molecule has 0 bridgehead atoms. The zero-order chi connectivity index (χ0) is 16.8. The first kappa shape index (κ1) is 15.7. The van der Waals surface area contributed by atoms with E-state index in [0.717, 1.165) is 0 Å². The highest BCUT2D eigenvalue weighted by Crippen LogP contribution is 2.48. The second-order valence-electron chi connectivity index (χ2n) is 5.98. The van der Waals surface area contributed by atoms with E-state index in [-0.39, 0.29) is 25.0 Å². The second-order valence-corrected chi connectivity index (χ2v) is 5.98. The Hall–Kier alpha value is -2.15. The lowest BCUT2D eigenvalue weighted by molar-refractivity contribution is -0.155. The number of ether oxygens (including phenoxy) is 1. The van der Waals surface area contributed by atoms with Crippen LogP contribution in [-0.4, -0.2) is 41.4 Å². The molecule has 7 nitrogen and oxygen atoms in total. The monoisotopic (exact) mass is 320 g/mol. The van der Waals surface area contributed by atoms with Gasteiger partial charge in [0.1, 0.15) is 11.3 Å². The molecular formula is C16H20N2O5. The number of carbonyl (C=O) groups is 3. The molecule has 0 aromatic carbocycles. The summed E-state index contributed by atoms with van der Waals surface area (Å²) in [6.07, 6.45) is 1.50. The number of furan rings is 1. The summed E-state index contributed by atoms with van der Waals surface area (Å²) in [7, 11) is 0. The number of nitrogens with zero attached hydrogens (tertiary/aromatic N) is 1. The normalized spacial score (nSPS) is 33.2. The van der Waals surface area contributed by atoms with Crippen molar-refractivity contribution in [2.24, 2.45) is 11.8 Å². The van der Waals surface area contributed by atoms with Gasteiger partial charge in [0.05, 0.1) is 30.7 Å². The summed E-state index contributed by atoms with van der Waals surface area (Å²) >= 11 is 0. The van der Waals surface area contributed by atoms with Crippen LogP contribution in [0.15, 0.2) is 22.8 Å². The molecule has 1 N–H and O–H groups in total. The minimum atomic E-state index is -1.26. The molecule has 0 radical (unpaired) electrons. The molecule has 0 unspecified atom stereocenters. The summed E-state index contributed by atoms with van der Waals surface area (Å²) in [5.74, 6) is -2.05. The first-order chi connectivity index (χ1) is 11.0. The minimum absolute atomic E-state index is 0.207. The Labute approximate surface area is 134 Å². The fourth-order valence-corrected chi connectivity index (χ4v) is 3.69. The summed E-state index contributed by atoms with van der Waals surface area (Å²) in [4.78, 5) is 39.1. The Bertz CT molecular complexity index is 641. The van der Waals surface area contributed by atoms with Crippen LogP contribution in [0.25, 0.3) is 0 Å². The summed E-state index contributed by atoms with van der Waals surface area (Å²) in [6.45, 7) is 5.56. The van der Waals surface area contributed by atoms with Crippen LogP contribution in [0.4, 0.5) is 0 Å². The van der Waals surface area contributed by atoms with Gasteiger partial charge in [-0.15, -0.1) is 0 Å². The number of amides is 2. The van der Waals surface area contributed by atoms with Crippen molar-refractivity contribution in [2.75, 3.05) is 13.2 Å². The van der Waals surface area contributed by atoms with Crippen molar-refractivity contribution in [1.82, 2.24) is 10.2 Å². The number of fused-ring (bicyclic) bond motifs is 1. The topological polar surface area (TPSA) is 88.8 Å². The number of rotatable bonds is 4. The standard InChI is InChI=1S/C16H20N2O5/c1-4-18-13(19)10-11(14(18)20)16(3,15(21)22-5-2)17-12(10)9-7-6-8-23-9/h6-8,10-12,17H,4-5H2,1-3H3/t10-,11-,12-,16-/m1/s1. The number of carbonyl (C=O) groups excluding carboxylic acids is 3. The molecular weight excluding hydrogens is 300 g/mol. The van der Waals surface area contributed by atoms with Gasteiger partial charge in [0.15, 0.2) is 0 Å². The van der Waals surface area contributed by atoms with Crippen LogP contribution in [-0.2, 0) is 19.1 Å². The van der Waals surface area contributed by atoms with E-state index < -0.39 is 29.4 Å². The number of nitrogens with one attached hydrogen (secondary N) is 1. The number of hydrogen-bond donors (Lipinski definition) is 1.